The molecule has 10 nitrogen and oxygen atoms in total. The van der Waals surface area contributed by atoms with E-state index in [-0.39, 0.29) is 43.2 Å². The van der Waals surface area contributed by atoms with Crippen molar-refractivity contribution >= 4 is 34.9 Å². The summed E-state index contributed by atoms with van der Waals surface area (Å²) in [5.74, 6) is -2.12. The van der Waals surface area contributed by atoms with Crippen LogP contribution in [0.1, 0.15) is 40.2 Å². The number of likely N-dealkylation sites (N-methyl/N-ethyl adjacent to an activating group) is 1. The van der Waals surface area contributed by atoms with E-state index >= 15 is 0 Å². The summed E-state index contributed by atoms with van der Waals surface area (Å²) in [6, 6.07) is 17.7. The topological polar surface area (TPSA) is 138 Å². The highest BCUT2D eigenvalue weighted by Crippen LogP contribution is 2.37. The SMILES string of the molecule is C[C@H](c1cc(C(=N)N)cs1)N(C)C(=O)[C@@H]1CC2(CN1C(=O)CNC(=O)c1ccc(-c3ccccc3)cc1)OCCO2. The van der Waals surface area contributed by atoms with Crippen molar-refractivity contribution in [2.24, 2.45) is 5.73 Å². The van der Waals surface area contributed by atoms with Crippen molar-refractivity contribution in [1.29, 1.82) is 5.41 Å². The lowest BCUT2D eigenvalue weighted by Crippen LogP contribution is -2.49. The summed E-state index contributed by atoms with van der Waals surface area (Å²) in [5, 5.41) is 12.1. The van der Waals surface area contributed by atoms with E-state index in [1.165, 1.54) is 16.2 Å². The molecule has 0 saturated carbocycles. The Morgan fingerprint density at radius 3 is 2.39 bits per heavy atom. The number of nitrogens with zero attached hydrogens (tertiary/aromatic N) is 2. The molecular weight excluding hydrogens is 542 g/mol. The van der Waals surface area contributed by atoms with Gasteiger partial charge in [-0.2, -0.15) is 0 Å². The number of hydrogen-bond acceptors (Lipinski definition) is 7. The van der Waals surface area contributed by atoms with Gasteiger partial charge in [0.1, 0.15) is 11.9 Å². The number of likely N-dealkylation sites (tertiary alicyclic amines) is 1. The fraction of sp³-hybridized carbons (Fsp3) is 0.333. The fourth-order valence-corrected chi connectivity index (χ4v) is 6.17. The Hall–Kier alpha value is -4.06. The number of hydrogen-bond donors (Lipinski definition) is 3. The van der Waals surface area contributed by atoms with Crippen molar-refractivity contribution in [1.82, 2.24) is 15.1 Å². The van der Waals surface area contributed by atoms with Gasteiger partial charge in [-0.1, -0.05) is 42.5 Å². The van der Waals surface area contributed by atoms with Crippen molar-refractivity contribution in [2.45, 2.75) is 31.2 Å². The maximum Gasteiger partial charge on any atom is 0.251 e. The van der Waals surface area contributed by atoms with Gasteiger partial charge in [0.15, 0.2) is 5.79 Å². The maximum atomic E-state index is 13.7. The molecule has 1 aromatic heterocycles. The monoisotopic (exact) mass is 575 g/mol. The fourth-order valence-electron chi connectivity index (χ4n) is 5.16. The summed E-state index contributed by atoms with van der Waals surface area (Å²) < 4.78 is 11.7. The minimum absolute atomic E-state index is 0.0344. The van der Waals surface area contributed by atoms with Crippen LogP contribution in [0.25, 0.3) is 11.1 Å². The van der Waals surface area contributed by atoms with Crippen LogP contribution in [0.2, 0.25) is 0 Å². The van der Waals surface area contributed by atoms with Crippen LogP contribution in [0.3, 0.4) is 0 Å². The number of thiophene rings is 1. The van der Waals surface area contributed by atoms with Crippen molar-refractivity contribution in [3.05, 3.63) is 82.0 Å². The Kier molecular flexibility index (Phi) is 8.20. The van der Waals surface area contributed by atoms with Crippen molar-refractivity contribution < 1.29 is 23.9 Å². The van der Waals surface area contributed by atoms with E-state index in [1.807, 2.05) is 49.4 Å². The molecule has 214 valence electrons. The van der Waals surface area contributed by atoms with Gasteiger partial charge in [0, 0.05) is 34.9 Å². The molecule has 2 aliphatic heterocycles. The second kappa shape index (κ2) is 11.8. The molecule has 2 aliphatic rings. The summed E-state index contributed by atoms with van der Waals surface area (Å²) in [7, 11) is 1.69. The first kappa shape index (κ1) is 28.5. The molecule has 3 aromatic rings. The van der Waals surface area contributed by atoms with Gasteiger partial charge in [-0.05, 0) is 36.2 Å². The lowest BCUT2D eigenvalue weighted by atomic mass is 10.0. The molecule has 41 heavy (non-hydrogen) atoms. The Labute approximate surface area is 242 Å². The number of nitrogens with one attached hydrogen (secondary N) is 2. The van der Waals surface area contributed by atoms with Gasteiger partial charge in [0.25, 0.3) is 5.91 Å². The molecular formula is C30H33N5O5S. The molecule has 2 aromatic carbocycles. The minimum atomic E-state index is -1.04. The van der Waals surface area contributed by atoms with Crippen LogP contribution in [-0.4, -0.2) is 78.5 Å². The van der Waals surface area contributed by atoms with Gasteiger partial charge in [-0.15, -0.1) is 11.3 Å². The smallest absolute Gasteiger partial charge is 0.251 e. The summed E-state index contributed by atoms with van der Waals surface area (Å²) in [4.78, 5) is 43.9. The molecule has 5 rings (SSSR count). The van der Waals surface area contributed by atoms with E-state index < -0.39 is 17.7 Å². The molecule has 0 aliphatic carbocycles. The number of amidine groups is 1. The third kappa shape index (κ3) is 6.02. The second-order valence-electron chi connectivity index (χ2n) is 10.3. The predicted molar refractivity (Wildman–Crippen MR) is 155 cm³/mol. The number of rotatable bonds is 8. The van der Waals surface area contributed by atoms with Crippen LogP contribution in [-0.2, 0) is 19.1 Å². The lowest BCUT2D eigenvalue weighted by molar-refractivity contribution is -0.152. The van der Waals surface area contributed by atoms with E-state index in [2.05, 4.69) is 5.32 Å². The molecule has 3 heterocycles. The van der Waals surface area contributed by atoms with E-state index in [9.17, 15) is 14.4 Å². The largest absolute Gasteiger partial charge is 0.384 e. The molecule has 4 N–H and O–H groups in total. The molecule has 1 spiro atoms. The van der Waals surface area contributed by atoms with Gasteiger partial charge < -0.3 is 30.3 Å². The molecule has 2 atom stereocenters. The Bertz CT molecular complexity index is 1430. The number of carbonyl (C=O) groups excluding carboxylic acids is 3. The van der Waals surface area contributed by atoms with Crippen LogP contribution in [0.4, 0.5) is 0 Å². The van der Waals surface area contributed by atoms with Crippen LogP contribution >= 0.6 is 11.3 Å². The molecule has 2 saturated heterocycles. The molecule has 0 bridgehead atoms. The van der Waals surface area contributed by atoms with Gasteiger partial charge >= 0.3 is 0 Å². The first-order chi connectivity index (χ1) is 19.7. The third-order valence-electron chi connectivity index (χ3n) is 7.64. The standard InChI is InChI=1S/C30H33N5O5S/c1-19(25-14-23(17-41-25)27(31)32)34(2)29(38)24-15-30(39-12-13-40-30)18-35(24)26(36)16-33-28(37)22-10-8-21(9-11-22)20-6-4-3-5-7-20/h3-11,14,17,19,24H,12-13,15-16,18H2,1-2H3,(H3,31,32)(H,33,37)/t19-,24+/m1/s1. The molecule has 3 amide bonds. The van der Waals surface area contributed by atoms with Gasteiger partial charge in [-0.3, -0.25) is 19.8 Å². The van der Waals surface area contributed by atoms with Crippen molar-refractivity contribution in [2.75, 3.05) is 33.4 Å². The maximum absolute atomic E-state index is 13.7. The third-order valence-corrected chi connectivity index (χ3v) is 8.74. The highest BCUT2D eigenvalue weighted by atomic mass is 32.1. The highest BCUT2D eigenvalue weighted by molar-refractivity contribution is 7.10. The van der Waals surface area contributed by atoms with Crippen LogP contribution in [0.5, 0.6) is 0 Å². The zero-order valence-corrected chi connectivity index (χ0v) is 23.8. The first-order valence-corrected chi connectivity index (χ1v) is 14.3. The highest BCUT2D eigenvalue weighted by Gasteiger charge is 2.53. The molecule has 2 fully saturated rings. The van der Waals surface area contributed by atoms with Crippen LogP contribution < -0.4 is 11.1 Å². The zero-order valence-electron chi connectivity index (χ0n) is 23.0. The summed E-state index contributed by atoms with van der Waals surface area (Å²) in [5.41, 5.74) is 8.67. The van der Waals surface area contributed by atoms with E-state index in [0.717, 1.165) is 16.0 Å². The quantitative estimate of drug-likeness (QED) is 0.279. The Morgan fingerprint density at radius 2 is 1.76 bits per heavy atom. The summed E-state index contributed by atoms with van der Waals surface area (Å²) in [6.45, 7) is 2.48. The Morgan fingerprint density at radius 1 is 1.10 bits per heavy atom. The normalized spacial score (nSPS) is 18.3. The molecule has 11 heteroatoms. The average molecular weight is 576 g/mol. The lowest BCUT2D eigenvalue weighted by Gasteiger charge is -2.30. The number of benzene rings is 2. The molecule has 0 unspecified atom stereocenters. The summed E-state index contributed by atoms with van der Waals surface area (Å²) >= 11 is 1.42. The molecule has 0 radical (unpaired) electrons. The van der Waals surface area contributed by atoms with E-state index in [1.54, 1.807) is 35.5 Å². The summed E-state index contributed by atoms with van der Waals surface area (Å²) in [6.07, 6.45) is 0.201. The van der Waals surface area contributed by atoms with Crippen molar-refractivity contribution in [3.63, 3.8) is 0 Å². The first-order valence-electron chi connectivity index (χ1n) is 13.4. The zero-order chi connectivity index (χ0) is 29.1. The number of carbonyl (C=O) groups is 3. The second-order valence-corrected chi connectivity index (χ2v) is 11.2. The minimum Gasteiger partial charge on any atom is -0.384 e. The van der Waals surface area contributed by atoms with Crippen molar-refractivity contribution in [3.8, 4) is 11.1 Å². The van der Waals surface area contributed by atoms with Crippen LogP contribution in [0, 0.1) is 5.41 Å². The average Bonchev–Trinajstić information content (AvgIpc) is 3.76. The van der Waals surface area contributed by atoms with Gasteiger partial charge in [0.2, 0.25) is 11.8 Å². The van der Waals surface area contributed by atoms with E-state index in [0.29, 0.717) is 24.3 Å². The van der Waals surface area contributed by atoms with Crippen LogP contribution in [0.15, 0.2) is 66.0 Å². The number of ether oxygens (including phenoxy) is 2. The number of nitrogen functional groups attached to an aromatic ring is 1. The number of amides is 3. The predicted octanol–water partition coefficient (Wildman–Crippen LogP) is 2.99. The number of nitrogens with two attached hydrogens (primary N) is 1. The van der Waals surface area contributed by atoms with Gasteiger partial charge in [-0.25, -0.2) is 0 Å². The van der Waals surface area contributed by atoms with Gasteiger partial charge in [0.05, 0.1) is 32.3 Å². The van der Waals surface area contributed by atoms with E-state index in [4.69, 9.17) is 20.6 Å². The Balaban J connectivity index is 1.26.